The van der Waals surface area contributed by atoms with E-state index in [1.165, 1.54) is 12.8 Å². The van der Waals surface area contributed by atoms with E-state index < -0.39 is 0 Å². The van der Waals surface area contributed by atoms with Gasteiger partial charge in [0.2, 0.25) is 5.91 Å². The lowest BCUT2D eigenvalue weighted by molar-refractivity contribution is -0.142. The third kappa shape index (κ3) is 2.17. The molecule has 1 atom stereocenters. The van der Waals surface area contributed by atoms with Gasteiger partial charge in [-0.05, 0) is 19.8 Å². The molecule has 0 unspecified atom stereocenters. The highest BCUT2D eigenvalue weighted by Crippen LogP contribution is 2.39. The monoisotopic (exact) mass is 210 g/mol. The topological polar surface area (TPSA) is 32.3 Å². The molecule has 1 amide bonds. The normalized spacial score (nSPS) is 30.5. The van der Waals surface area contributed by atoms with E-state index in [9.17, 15) is 4.79 Å². The van der Waals surface area contributed by atoms with Crippen molar-refractivity contribution in [1.29, 1.82) is 0 Å². The highest BCUT2D eigenvalue weighted by Gasteiger charge is 2.39. The number of hydrogen-bond acceptors (Lipinski definition) is 2. The lowest BCUT2D eigenvalue weighted by Gasteiger charge is -2.37. The smallest absolute Gasteiger partial charge is 0.228 e. The van der Waals surface area contributed by atoms with Crippen LogP contribution in [0.15, 0.2) is 0 Å². The van der Waals surface area contributed by atoms with E-state index >= 15 is 0 Å². The van der Waals surface area contributed by atoms with Gasteiger partial charge in [-0.1, -0.05) is 19.8 Å². The standard InChI is InChI=1S/C12H22N2O/c1-10-9-14(8-7-13-10)11(15)12(2)5-3-4-6-12/h10,13H,3-9H2,1-2H3/t10-/m0/s1. The van der Waals surface area contributed by atoms with Crippen molar-refractivity contribution in [3.8, 4) is 0 Å². The quantitative estimate of drug-likeness (QED) is 0.709. The zero-order chi connectivity index (χ0) is 10.9. The fraction of sp³-hybridized carbons (Fsp3) is 0.917. The van der Waals surface area contributed by atoms with Crippen LogP contribution >= 0.6 is 0 Å². The van der Waals surface area contributed by atoms with Crippen LogP contribution in [0.4, 0.5) is 0 Å². The van der Waals surface area contributed by atoms with Gasteiger partial charge in [-0.2, -0.15) is 0 Å². The summed E-state index contributed by atoms with van der Waals surface area (Å²) in [7, 11) is 0. The Bertz CT molecular complexity index is 246. The maximum atomic E-state index is 12.4. The van der Waals surface area contributed by atoms with Gasteiger partial charge in [-0.25, -0.2) is 0 Å². The van der Waals surface area contributed by atoms with Crippen LogP contribution < -0.4 is 5.32 Å². The fourth-order valence-electron chi connectivity index (χ4n) is 2.87. The van der Waals surface area contributed by atoms with Crippen molar-refractivity contribution in [3.05, 3.63) is 0 Å². The summed E-state index contributed by atoms with van der Waals surface area (Å²) >= 11 is 0. The first kappa shape index (κ1) is 10.9. The summed E-state index contributed by atoms with van der Waals surface area (Å²) in [5.74, 6) is 0.397. The third-order valence-electron chi connectivity index (χ3n) is 3.88. The Morgan fingerprint density at radius 2 is 2.07 bits per heavy atom. The Kier molecular flexibility index (Phi) is 3.01. The molecule has 1 aliphatic heterocycles. The summed E-state index contributed by atoms with van der Waals surface area (Å²) in [5, 5.41) is 3.38. The molecule has 0 aromatic rings. The van der Waals surface area contributed by atoms with Gasteiger partial charge in [-0.15, -0.1) is 0 Å². The SMILES string of the molecule is C[C@H]1CN(C(=O)C2(C)CCCC2)CCN1. The van der Waals surface area contributed by atoms with Crippen LogP contribution in [-0.2, 0) is 4.79 Å². The van der Waals surface area contributed by atoms with Gasteiger partial charge in [0.1, 0.15) is 0 Å². The molecular weight excluding hydrogens is 188 g/mol. The summed E-state index contributed by atoms with van der Waals surface area (Å²) in [5.41, 5.74) is -0.0446. The van der Waals surface area contributed by atoms with Crippen molar-refractivity contribution in [2.24, 2.45) is 5.41 Å². The first-order valence-corrected chi connectivity index (χ1v) is 6.15. The molecule has 2 aliphatic rings. The molecule has 0 spiro atoms. The Labute approximate surface area is 92.2 Å². The predicted molar refractivity (Wildman–Crippen MR) is 60.6 cm³/mol. The van der Waals surface area contributed by atoms with Gasteiger partial charge in [0, 0.05) is 31.1 Å². The molecule has 1 saturated heterocycles. The van der Waals surface area contributed by atoms with E-state index in [0.29, 0.717) is 11.9 Å². The zero-order valence-corrected chi connectivity index (χ0v) is 9.88. The first-order chi connectivity index (χ1) is 7.12. The van der Waals surface area contributed by atoms with E-state index in [1.807, 2.05) is 0 Å². The summed E-state index contributed by atoms with van der Waals surface area (Å²) < 4.78 is 0. The van der Waals surface area contributed by atoms with Crippen LogP contribution in [0.3, 0.4) is 0 Å². The summed E-state index contributed by atoms with van der Waals surface area (Å²) in [6, 6.07) is 0.452. The lowest BCUT2D eigenvalue weighted by atomic mass is 9.87. The molecule has 0 radical (unpaired) electrons. The van der Waals surface area contributed by atoms with Crippen molar-refractivity contribution in [2.75, 3.05) is 19.6 Å². The second-order valence-corrected chi connectivity index (χ2v) is 5.37. The number of amides is 1. The summed E-state index contributed by atoms with van der Waals surface area (Å²) in [4.78, 5) is 14.4. The number of carbonyl (C=O) groups excluding carboxylic acids is 1. The number of nitrogens with one attached hydrogen (secondary N) is 1. The van der Waals surface area contributed by atoms with Crippen molar-refractivity contribution in [2.45, 2.75) is 45.6 Å². The van der Waals surface area contributed by atoms with Gasteiger partial charge in [0.15, 0.2) is 0 Å². The third-order valence-corrected chi connectivity index (χ3v) is 3.88. The molecule has 3 heteroatoms. The Hall–Kier alpha value is -0.570. The minimum absolute atomic E-state index is 0.0446. The van der Waals surface area contributed by atoms with Gasteiger partial charge in [-0.3, -0.25) is 4.79 Å². The molecule has 3 nitrogen and oxygen atoms in total. The van der Waals surface area contributed by atoms with E-state index in [-0.39, 0.29) is 5.41 Å². The molecule has 0 aromatic heterocycles. The number of carbonyl (C=O) groups is 1. The van der Waals surface area contributed by atoms with Crippen molar-refractivity contribution in [1.82, 2.24) is 10.2 Å². The molecule has 1 saturated carbocycles. The van der Waals surface area contributed by atoms with E-state index in [4.69, 9.17) is 0 Å². The molecule has 1 heterocycles. The van der Waals surface area contributed by atoms with E-state index in [1.54, 1.807) is 0 Å². The second kappa shape index (κ2) is 4.12. The summed E-state index contributed by atoms with van der Waals surface area (Å²) in [6.45, 7) is 7.02. The molecule has 1 N–H and O–H groups in total. The summed E-state index contributed by atoms with van der Waals surface area (Å²) in [6.07, 6.45) is 4.63. The minimum atomic E-state index is -0.0446. The van der Waals surface area contributed by atoms with Crippen molar-refractivity contribution < 1.29 is 4.79 Å². The number of rotatable bonds is 1. The zero-order valence-electron chi connectivity index (χ0n) is 9.88. The average Bonchev–Trinajstić information content (AvgIpc) is 2.65. The van der Waals surface area contributed by atoms with Crippen LogP contribution in [0.5, 0.6) is 0 Å². The van der Waals surface area contributed by atoms with Crippen LogP contribution in [0.2, 0.25) is 0 Å². The molecule has 1 aliphatic carbocycles. The van der Waals surface area contributed by atoms with Gasteiger partial charge in [0.05, 0.1) is 0 Å². The maximum Gasteiger partial charge on any atom is 0.228 e. The van der Waals surface area contributed by atoms with Gasteiger partial charge in [0.25, 0.3) is 0 Å². The van der Waals surface area contributed by atoms with Crippen molar-refractivity contribution in [3.63, 3.8) is 0 Å². The molecular formula is C12H22N2O. The Morgan fingerprint density at radius 1 is 1.40 bits per heavy atom. The van der Waals surface area contributed by atoms with Crippen LogP contribution in [-0.4, -0.2) is 36.5 Å². The maximum absolute atomic E-state index is 12.4. The van der Waals surface area contributed by atoms with Crippen LogP contribution in [0.25, 0.3) is 0 Å². The fourth-order valence-corrected chi connectivity index (χ4v) is 2.87. The predicted octanol–water partition coefficient (Wildman–Crippen LogP) is 1.39. The highest BCUT2D eigenvalue weighted by atomic mass is 16.2. The highest BCUT2D eigenvalue weighted by molar-refractivity contribution is 5.82. The Balaban J connectivity index is 2.00. The van der Waals surface area contributed by atoms with Gasteiger partial charge >= 0.3 is 0 Å². The number of piperazine rings is 1. The van der Waals surface area contributed by atoms with Gasteiger partial charge < -0.3 is 10.2 Å². The number of hydrogen-bond donors (Lipinski definition) is 1. The second-order valence-electron chi connectivity index (χ2n) is 5.37. The molecule has 2 rings (SSSR count). The van der Waals surface area contributed by atoms with E-state index in [0.717, 1.165) is 32.5 Å². The first-order valence-electron chi connectivity index (χ1n) is 6.15. The van der Waals surface area contributed by atoms with E-state index in [2.05, 4.69) is 24.1 Å². The van der Waals surface area contributed by atoms with Crippen LogP contribution in [0.1, 0.15) is 39.5 Å². The molecule has 0 aromatic carbocycles. The largest absolute Gasteiger partial charge is 0.339 e. The molecule has 15 heavy (non-hydrogen) atoms. The molecule has 2 fully saturated rings. The molecule has 86 valence electrons. The lowest BCUT2D eigenvalue weighted by Crippen LogP contribution is -2.54. The van der Waals surface area contributed by atoms with Crippen LogP contribution in [0, 0.1) is 5.41 Å². The minimum Gasteiger partial charge on any atom is -0.339 e. The molecule has 0 bridgehead atoms. The Morgan fingerprint density at radius 3 is 2.67 bits per heavy atom. The average molecular weight is 210 g/mol. The number of nitrogens with zero attached hydrogens (tertiary/aromatic N) is 1. The van der Waals surface area contributed by atoms with Crippen molar-refractivity contribution >= 4 is 5.91 Å².